The quantitative estimate of drug-likeness (QED) is 0.471. The zero-order valence-corrected chi connectivity index (χ0v) is 6.90. The highest BCUT2D eigenvalue weighted by Crippen LogP contribution is 2.22. The highest BCUT2D eigenvalue weighted by atomic mass is 15.3. The van der Waals surface area contributed by atoms with Crippen molar-refractivity contribution in [3.05, 3.63) is 12.2 Å². The zero-order valence-electron chi connectivity index (χ0n) is 6.90. The molecule has 3 aliphatic rings. The molecule has 62 valence electrons. The van der Waals surface area contributed by atoms with Gasteiger partial charge in [0, 0.05) is 19.0 Å². The highest BCUT2D eigenvalue weighted by Gasteiger charge is 2.35. The summed E-state index contributed by atoms with van der Waals surface area (Å²) in [5.41, 5.74) is 1.23. The minimum Gasteiger partial charge on any atom is -0.353 e. The van der Waals surface area contributed by atoms with Crippen molar-refractivity contribution >= 4 is 11.5 Å². The van der Waals surface area contributed by atoms with Gasteiger partial charge in [-0.1, -0.05) is 12.2 Å². The Balaban J connectivity index is 2.03. The number of fused-ring (bicyclic) bond motifs is 3. The van der Waals surface area contributed by atoms with Crippen LogP contribution in [0.25, 0.3) is 0 Å². The van der Waals surface area contributed by atoms with Crippen molar-refractivity contribution in [1.82, 2.24) is 4.90 Å². The van der Waals surface area contributed by atoms with E-state index in [4.69, 9.17) is 0 Å². The molecule has 1 fully saturated rings. The number of amidine groups is 1. The normalized spacial score (nSPS) is 31.3. The molecule has 3 aliphatic heterocycles. The Morgan fingerprint density at radius 1 is 1.42 bits per heavy atom. The van der Waals surface area contributed by atoms with Crippen molar-refractivity contribution < 1.29 is 0 Å². The molecule has 0 radical (unpaired) electrons. The molecule has 0 aliphatic carbocycles. The van der Waals surface area contributed by atoms with E-state index in [1.54, 1.807) is 0 Å². The van der Waals surface area contributed by atoms with Crippen LogP contribution in [-0.4, -0.2) is 42.6 Å². The maximum absolute atomic E-state index is 4.49. The van der Waals surface area contributed by atoms with Crippen LogP contribution in [0, 0.1) is 5.92 Å². The fraction of sp³-hybridized carbons (Fsp3) is 0.556. The van der Waals surface area contributed by atoms with E-state index in [2.05, 4.69) is 27.0 Å². The van der Waals surface area contributed by atoms with Gasteiger partial charge in [-0.2, -0.15) is 0 Å². The van der Waals surface area contributed by atoms with Gasteiger partial charge in [-0.05, 0) is 0 Å². The second kappa shape index (κ2) is 2.19. The van der Waals surface area contributed by atoms with Gasteiger partial charge in [0.25, 0.3) is 0 Å². The first-order valence-electron chi connectivity index (χ1n) is 4.46. The van der Waals surface area contributed by atoms with Crippen LogP contribution in [0.3, 0.4) is 0 Å². The third-order valence-electron chi connectivity index (χ3n) is 2.66. The predicted molar refractivity (Wildman–Crippen MR) is 48.8 cm³/mol. The van der Waals surface area contributed by atoms with E-state index in [0.29, 0.717) is 5.92 Å². The molecule has 1 saturated heterocycles. The molecule has 0 amide bonds. The minimum atomic E-state index is 0.540. The molecule has 12 heavy (non-hydrogen) atoms. The predicted octanol–water partition coefficient (Wildman–Crippen LogP) is 0.341. The van der Waals surface area contributed by atoms with Crippen LogP contribution in [-0.2, 0) is 0 Å². The molecule has 3 heterocycles. The lowest BCUT2D eigenvalue weighted by atomic mass is 10.0. The lowest BCUT2D eigenvalue weighted by Crippen LogP contribution is -2.23. The SMILES string of the molecule is C1=CC2CN3CCN=C3C2=NC1. The topological polar surface area (TPSA) is 28.0 Å². The number of rotatable bonds is 0. The summed E-state index contributed by atoms with van der Waals surface area (Å²) in [5.74, 6) is 1.71. The average molecular weight is 161 g/mol. The Morgan fingerprint density at radius 3 is 3.42 bits per heavy atom. The van der Waals surface area contributed by atoms with E-state index in [1.165, 1.54) is 11.5 Å². The molecule has 0 spiro atoms. The van der Waals surface area contributed by atoms with Gasteiger partial charge in [0.2, 0.25) is 0 Å². The van der Waals surface area contributed by atoms with Crippen LogP contribution >= 0.6 is 0 Å². The molecule has 0 aromatic heterocycles. The molecule has 1 unspecified atom stereocenters. The number of dihydropyridines is 1. The Bertz CT molecular complexity index is 301. The lowest BCUT2D eigenvalue weighted by Gasteiger charge is -2.09. The summed E-state index contributed by atoms with van der Waals surface area (Å²) in [7, 11) is 0. The summed E-state index contributed by atoms with van der Waals surface area (Å²) < 4.78 is 0. The standard InChI is InChI=1S/C9H11N3/c1-2-7-6-12-5-4-11-9(12)8(7)10-3-1/h1-2,7H,3-6H2. The van der Waals surface area contributed by atoms with Crippen LogP contribution in [0.1, 0.15) is 0 Å². The van der Waals surface area contributed by atoms with Gasteiger partial charge >= 0.3 is 0 Å². The molecule has 0 saturated carbocycles. The van der Waals surface area contributed by atoms with Gasteiger partial charge in [-0.25, -0.2) is 0 Å². The molecule has 1 atom stereocenters. The van der Waals surface area contributed by atoms with Crippen LogP contribution in [0.2, 0.25) is 0 Å². The van der Waals surface area contributed by atoms with Crippen LogP contribution < -0.4 is 0 Å². The van der Waals surface area contributed by atoms with E-state index >= 15 is 0 Å². The molecule has 0 bridgehead atoms. The van der Waals surface area contributed by atoms with Gasteiger partial charge in [0.1, 0.15) is 5.84 Å². The summed E-state index contributed by atoms with van der Waals surface area (Å²) in [6.07, 6.45) is 4.42. The van der Waals surface area contributed by atoms with Gasteiger partial charge in [0.15, 0.2) is 0 Å². The highest BCUT2D eigenvalue weighted by molar-refractivity contribution is 6.44. The third kappa shape index (κ3) is 0.709. The molecule has 0 aromatic rings. The summed E-state index contributed by atoms with van der Waals surface area (Å²) >= 11 is 0. The Hall–Kier alpha value is -1.12. The zero-order chi connectivity index (χ0) is 7.97. The summed E-state index contributed by atoms with van der Waals surface area (Å²) in [6.45, 7) is 4.01. The van der Waals surface area contributed by atoms with E-state index in [9.17, 15) is 0 Å². The Labute approximate surface area is 71.5 Å². The maximum Gasteiger partial charge on any atom is 0.146 e. The van der Waals surface area contributed by atoms with E-state index in [-0.39, 0.29) is 0 Å². The van der Waals surface area contributed by atoms with Gasteiger partial charge in [0.05, 0.1) is 18.8 Å². The van der Waals surface area contributed by atoms with E-state index < -0.39 is 0 Å². The van der Waals surface area contributed by atoms with Crippen LogP contribution in [0.5, 0.6) is 0 Å². The van der Waals surface area contributed by atoms with Crippen molar-refractivity contribution in [3.63, 3.8) is 0 Å². The summed E-state index contributed by atoms with van der Waals surface area (Å²) in [6, 6.07) is 0. The number of aliphatic imine (C=N–C) groups is 2. The summed E-state index contributed by atoms with van der Waals surface area (Å²) in [4.78, 5) is 11.3. The van der Waals surface area contributed by atoms with E-state index in [0.717, 1.165) is 26.2 Å². The van der Waals surface area contributed by atoms with Crippen molar-refractivity contribution in [2.75, 3.05) is 26.2 Å². The molecule has 3 heteroatoms. The van der Waals surface area contributed by atoms with Crippen LogP contribution in [0.15, 0.2) is 22.1 Å². The monoisotopic (exact) mass is 161 g/mol. The first kappa shape index (κ1) is 6.40. The average Bonchev–Trinajstić information content (AvgIpc) is 2.62. The Kier molecular flexibility index (Phi) is 1.17. The number of hydrogen-bond acceptors (Lipinski definition) is 3. The van der Waals surface area contributed by atoms with Crippen LogP contribution in [0.4, 0.5) is 0 Å². The van der Waals surface area contributed by atoms with Crippen molar-refractivity contribution in [3.8, 4) is 0 Å². The van der Waals surface area contributed by atoms with Gasteiger partial charge in [-0.3, -0.25) is 9.98 Å². The van der Waals surface area contributed by atoms with Crippen molar-refractivity contribution in [2.45, 2.75) is 0 Å². The number of hydrogen-bond donors (Lipinski definition) is 0. The van der Waals surface area contributed by atoms with E-state index in [1.807, 2.05) is 0 Å². The van der Waals surface area contributed by atoms with Crippen molar-refractivity contribution in [1.29, 1.82) is 0 Å². The largest absolute Gasteiger partial charge is 0.353 e. The second-order valence-electron chi connectivity index (χ2n) is 3.41. The Morgan fingerprint density at radius 2 is 2.42 bits per heavy atom. The fourth-order valence-corrected chi connectivity index (χ4v) is 2.11. The smallest absolute Gasteiger partial charge is 0.146 e. The minimum absolute atomic E-state index is 0.540. The number of nitrogens with zero attached hydrogens (tertiary/aromatic N) is 3. The van der Waals surface area contributed by atoms with Gasteiger partial charge < -0.3 is 4.90 Å². The van der Waals surface area contributed by atoms with Gasteiger partial charge in [-0.15, -0.1) is 0 Å². The molecule has 0 aromatic carbocycles. The third-order valence-corrected chi connectivity index (χ3v) is 2.66. The first-order valence-corrected chi connectivity index (χ1v) is 4.46. The van der Waals surface area contributed by atoms with Crippen molar-refractivity contribution in [2.24, 2.45) is 15.9 Å². The summed E-state index contributed by atoms with van der Waals surface area (Å²) in [5, 5.41) is 0. The molecular formula is C9H11N3. The fourth-order valence-electron chi connectivity index (χ4n) is 2.11. The molecular weight excluding hydrogens is 150 g/mol. The first-order chi connectivity index (χ1) is 5.95. The maximum atomic E-state index is 4.49. The molecule has 3 nitrogen and oxygen atoms in total. The lowest BCUT2D eigenvalue weighted by molar-refractivity contribution is 0.466. The molecule has 3 rings (SSSR count). The second-order valence-corrected chi connectivity index (χ2v) is 3.41. The molecule has 0 N–H and O–H groups in total.